The van der Waals surface area contributed by atoms with E-state index < -0.39 is 17.3 Å². The Morgan fingerprint density at radius 1 is 1.18 bits per heavy atom. The van der Waals surface area contributed by atoms with Gasteiger partial charge in [-0.3, -0.25) is 14.4 Å². The maximum Gasteiger partial charge on any atom is 0.290 e. The number of carbonyl (C=O) groups excluding carboxylic acids is 2. The van der Waals surface area contributed by atoms with Gasteiger partial charge in [0.1, 0.15) is 11.7 Å². The smallest absolute Gasteiger partial charge is 0.290 e. The Kier molecular flexibility index (Phi) is 8.33. The number of benzene rings is 1. The minimum atomic E-state index is -1.17. The molecule has 1 spiro atoms. The number of aliphatic hydroxyl groups excluding tert-OH is 1. The highest BCUT2D eigenvalue weighted by molar-refractivity contribution is 5.98. The maximum absolute atomic E-state index is 13.1. The van der Waals surface area contributed by atoms with Crippen molar-refractivity contribution in [2.45, 2.75) is 76.1 Å². The summed E-state index contributed by atoms with van der Waals surface area (Å²) in [5.74, 6) is 0.0139. The SMILES string of the molecule is Cc1ccc(C(=O)N2CCC3(CC2)OCC[C@@](C)(O)[C@@H]3O)cc1NC(=O)C1CCCC1.O=CO. The molecule has 2 aliphatic heterocycles. The first-order chi connectivity index (χ1) is 16.1. The molecular weight excluding hydrogens is 440 g/mol. The van der Waals surface area contributed by atoms with E-state index in [-0.39, 0.29) is 24.2 Å². The lowest BCUT2D eigenvalue weighted by atomic mass is 9.75. The molecule has 0 radical (unpaired) electrons. The van der Waals surface area contributed by atoms with E-state index in [0.29, 0.717) is 50.2 Å². The largest absolute Gasteiger partial charge is 0.483 e. The molecule has 2 amide bonds. The molecule has 0 bridgehead atoms. The molecule has 4 N–H and O–H groups in total. The third kappa shape index (κ3) is 5.59. The van der Waals surface area contributed by atoms with Crippen LogP contribution in [0.25, 0.3) is 0 Å². The van der Waals surface area contributed by atoms with Crippen LogP contribution < -0.4 is 5.32 Å². The van der Waals surface area contributed by atoms with Gasteiger partial charge in [0.25, 0.3) is 12.4 Å². The number of hydrogen-bond donors (Lipinski definition) is 4. The van der Waals surface area contributed by atoms with Crippen molar-refractivity contribution in [1.29, 1.82) is 0 Å². The van der Waals surface area contributed by atoms with Gasteiger partial charge >= 0.3 is 0 Å². The van der Waals surface area contributed by atoms with Crippen molar-refractivity contribution in [2.24, 2.45) is 5.92 Å². The number of piperidine rings is 1. The number of anilines is 1. The summed E-state index contributed by atoms with van der Waals surface area (Å²) in [6.45, 7) is 4.62. The average molecular weight is 477 g/mol. The van der Waals surface area contributed by atoms with Crippen LogP contribution in [0.3, 0.4) is 0 Å². The molecule has 1 aromatic rings. The molecule has 2 heterocycles. The van der Waals surface area contributed by atoms with Crippen LogP contribution >= 0.6 is 0 Å². The average Bonchev–Trinajstić information content (AvgIpc) is 3.35. The summed E-state index contributed by atoms with van der Waals surface area (Å²) in [5, 5.41) is 31.1. The molecule has 34 heavy (non-hydrogen) atoms. The highest BCUT2D eigenvalue weighted by Crippen LogP contribution is 2.40. The lowest BCUT2D eigenvalue weighted by Gasteiger charge is -2.51. The van der Waals surface area contributed by atoms with Gasteiger partial charge in [0.15, 0.2) is 0 Å². The van der Waals surface area contributed by atoms with Gasteiger partial charge < -0.3 is 30.3 Å². The van der Waals surface area contributed by atoms with Gasteiger partial charge in [-0.2, -0.15) is 0 Å². The van der Waals surface area contributed by atoms with E-state index >= 15 is 0 Å². The summed E-state index contributed by atoms with van der Waals surface area (Å²) >= 11 is 0. The van der Waals surface area contributed by atoms with Crippen molar-refractivity contribution in [3.8, 4) is 0 Å². The van der Waals surface area contributed by atoms with E-state index in [1.807, 2.05) is 13.0 Å². The Labute approximate surface area is 200 Å². The number of hydrogen-bond acceptors (Lipinski definition) is 6. The molecule has 2 atom stereocenters. The molecule has 9 heteroatoms. The van der Waals surface area contributed by atoms with Gasteiger partial charge in [-0.05, 0) is 57.2 Å². The Balaban J connectivity index is 0.00000103. The first-order valence-electron chi connectivity index (χ1n) is 12.0. The number of likely N-dealkylation sites (tertiary alicyclic amines) is 1. The third-order valence-corrected chi connectivity index (χ3v) is 7.45. The molecule has 4 rings (SSSR count). The van der Waals surface area contributed by atoms with Crippen molar-refractivity contribution in [2.75, 3.05) is 25.0 Å². The number of ether oxygens (including phenoxy) is 1. The summed E-state index contributed by atoms with van der Waals surface area (Å²) in [4.78, 5) is 35.8. The molecule has 1 saturated carbocycles. The summed E-state index contributed by atoms with van der Waals surface area (Å²) in [6, 6.07) is 5.43. The lowest BCUT2D eigenvalue weighted by molar-refractivity contribution is -0.244. The summed E-state index contributed by atoms with van der Waals surface area (Å²) in [6.07, 6.45) is 4.44. The van der Waals surface area contributed by atoms with Crippen LogP contribution in [0, 0.1) is 12.8 Å². The van der Waals surface area contributed by atoms with Crippen LogP contribution in [0.2, 0.25) is 0 Å². The highest BCUT2D eigenvalue weighted by atomic mass is 16.5. The zero-order chi connectivity index (χ0) is 24.9. The normalized spacial score (nSPS) is 26.5. The second-order valence-corrected chi connectivity index (χ2v) is 9.82. The van der Waals surface area contributed by atoms with Crippen molar-refractivity contribution in [3.05, 3.63) is 29.3 Å². The molecule has 1 aromatic carbocycles. The number of nitrogens with zero attached hydrogens (tertiary/aromatic N) is 1. The molecule has 1 aliphatic carbocycles. The number of aliphatic hydroxyl groups is 2. The molecule has 188 valence electrons. The van der Waals surface area contributed by atoms with Crippen molar-refractivity contribution in [3.63, 3.8) is 0 Å². The Morgan fingerprint density at radius 2 is 1.79 bits per heavy atom. The maximum atomic E-state index is 13.1. The molecular formula is C25H36N2O7. The fourth-order valence-corrected chi connectivity index (χ4v) is 5.24. The first kappa shape index (κ1) is 26.1. The van der Waals surface area contributed by atoms with Crippen LogP contribution in [0.1, 0.15) is 67.8 Å². The number of nitrogens with one attached hydrogen (secondary N) is 1. The van der Waals surface area contributed by atoms with Gasteiger partial charge in [-0.15, -0.1) is 0 Å². The summed E-state index contributed by atoms with van der Waals surface area (Å²) < 4.78 is 5.92. The van der Waals surface area contributed by atoms with E-state index in [2.05, 4.69) is 5.32 Å². The fourth-order valence-electron chi connectivity index (χ4n) is 5.24. The monoisotopic (exact) mass is 476 g/mol. The molecule has 3 aliphatic rings. The van der Waals surface area contributed by atoms with Crippen LogP contribution in [0.5, 0.6) is 0 Å². The van der Waals surface area contributed by atoms with Gasteiger partial charge in [0.2, 0.25) is 5.91 Å². The number of aryl methyl sites for hydroxylation is 1. The van der Waals surface area contributed by atoms with E-state index in [1.165, 1.54) is 0 Å². The molecule has 3 fully saturated rings. The van der Waals surface area contributed by atoms with Crippen LogP contribution in [-0.2, 0) is 14.3 Å². The Bertz CT molecular complexity index is 887. The minimum Gasteiger partial charge on any atom is -0.483 e. The van der Waals surface area contributed by atoms with Gasteiger partial charge in [-0.25, -0.2) is 0 Å². The van der Waals surface area contributed by atoms with Crippen molar-refractivity contribution >= 4 is 24.0 Å². The Morgan fingerprint density at radius 3 is 2.41 bits per heavy atom. The highest BCUT2D eigenvalue weighted by Gasteiger charge is 2.52. The standard InChI is InChI=1S/C24H34N2O5.CH2O2/c1-16-7-8-18(15-19(16)25-20(27)17-5-3-4-6-17)21(28)26-12-9-24(10-13-26)22(29)23(2,30)11-14-31-24;2-1-3/h7-8,15,17,22,29-30H,3-6,9-14H2,1-2H3,(H,25,27);1H,(H,2,3)/t22-,23+;/m0./s1. The molecule has 2 saturated heterocycles. The number of amides is 2. The van der Waals surface area contributed by atoms with Gasteiger partial charge in [0.05, 0.1) is 12.2 Å². The van der Waals surface area contributed by atoms with E-state index in [4.69, 9.17) is 14.6 Å². The second kappa shape index (κ2) is 10.8. The number of carboxylic acid groups (broad SMARTS) is 1. The van der Waals surface area contributed by atoms with Crippen molar-refractivity contribution < 1.29 is 34.4 Å². The second-order valence-electron chi connectivity index (χ2n) is 9.82. The minimum absolute atomic E-state index is 0.0422. The topological polar surface area (TPSA) is 136 Å². The zero-order valence-electron chi connectivity index (χ0n) is 20.0. The van der Waals surface area contributed by atoms with Crippen LogP contribution in [0.15, 0.2) is 18.2 Å². The molecule has 0 unspecified atom stereocenters. The zero-order valence-corrected chi connectivity index (χ0v) is 20.0. The van der Waals surface area contributed by atoms with Crippen molar-refractivity contribution in [1.82, 2.24) is 4.90 Å². The molecule has 9 nitrogen and oxygen atoms in total. The third-order valence-electron chi connectivity index (χ3n) is 7.45. The first-order valence-corrected chi connectivity index (χ1v) is 12.0. The fraction of sp³-hybridized carbons (Fsp3) is 0.640. The predicted octanol–water partition coefficient (Wildman–Crippen LogP) is 2.33. The Hall–Kier alpha value is -2.49. The summed E-state index contributed by atoms with van der Waals surface area (Å²) in [5.41, 5.74) is 0.195. The number of rotatable bonds is 3. The lowest BCUT2D eigenvalue weighted by Crippen LogP contribution is -2.64. The van der Waals surface area contributed by atoms with E-state index in [0.717, 1.165) is 31.2 Å². The summed E-state index contributed by atoms with van der Waals surface area (Å²) in [7, 11) is 0. The molecule has 0 aromatic heterocycles. The number of carbonyl (C=O) groups is 3. The van der Waals surface area contributed by atoms with E-state index in [1.54, 1.807) is 24.0 Å². The van der Waals surface area contributed by atoms with Gasteiger partial charge in [0, 0.05) is 36.7 Å². The van der Waals surface area contributed by atoms with E-state index in [9.17, 15) is 19.8 Å². The quantitative estimate of drug-likeness (QED) is 0.492. The van der Waals surface area contributed by atoms with Crippen LogP contribution in [0.4, 0.5) is 5.69 Å². The predicted molar refractivity (Wildman–Crippen MR) is 126 cm³/mol. The van der Waals surface area contributed by atoms with Crippen LogP contribution in [-0.4, -0.2) is 75.5 Å². The van der Waals surface area contributed by atoms with Gasteiger partial charge in [-0.1, -0.05) is 18.9 Å².